The zero-order valence-electron chi connectivity index (χ0n) is 15.6. The number of allylic oxidation sites excluding steroid dienone is 2. The molecule has 2 atom stereocenters. The number of hydrogen-bond donors (Lipinski definition) is 3. The van der Waals surface area contributed by atoms with Crippen molar-refractivity contribution in [3.8, 4) is 0 Å². The number of aliphatic carboxylic acids is 1. The van der Waals surface area contributed by atoms with Crippen LogP contribution >= 0.6 is 0 Å². The Hall–Kier alpha value is -2.63. The first-order valence-electron chi connectivity index (χ1n) is 9.57. The first kappa shape index (κ1) is 20.7. The van der Waals surface area contributed by atoms with Gasteiger partial charge in [0.2, 0.25) is 5.91 Å². The second kappa shape index (κ2) is 11.2. The van der Waals surface area contributed by atoms with E-state index in [1.807, 2.05) is 24.3 Å². The van der Waals surface area contributed by atoms with E-state index in [1.165, 1.54) is 5.56 Å². The van der Waals surface area contributed by atoms with Crippen molar-refractivity contribution in [2.45, 2.75) is 57.4 Å². The number of hydrogen-bond acceptors (Lipinski definition) is 4. The van der Waals surface area contributed by atoms with Crippen molar-refractivity contribution >= 4 is 18.1 Å². The molecule has 6 heteroatoms. The molecule has 4 N–H and O–H groups in total. The summed E-state index contributed by atoms with van der Waals surface area (Å²) in [6.45, 7) is 0. The lowest BCUT2D eigenvalue weighted by Crippen LogP contribution is -2.42. The molecule has 0 spiro atoms. The van der Waals surface area contributed by atoms with Crippen LogP contribution in [0.15, 0.2) is 41.5 Å². The smallest absolute Gasteiger partial charge is 0.305 e. The highest BCUT2D eigenvalue weighted by Gasteiger charge is 2.25. The Balaban J connectivity index is 1.73. The molecule has 2 unspecified atom stereocenters. The molecule has 0 aliphatic heterocycles. The fraction of sp³-hybridized carbons (Fsp3) is 0.476. The summed E-state index contributed by atoms with van der Waals surface area (Å²) < 4.78 is 0. The van der Waals surface area contributed by atoms with Gasteiger partial charge < -0.3 is 16.3 Å². The van der Waals surface area contributed by atoms with Crippen LogP contribution in [0.3, 0.4) is 0 Å². The van der Waals surface area contributed by atoms with E-state index in [-0.39, 0.29) is 24.3 Å². The highest BCUT2D eigenvalue weighted by Crippen LogP contribution is 2.23. The van der Waals surface area contributed by atoms with Gasteiger partial charge in [-0.3, -0.25) is 9.59 Å². The fourth-order valence-electron chi connectivity index (χ4n) is 3.46. The minimum Gasteiger partial charge on any atom is -0.481 e. The number of hydrazone groups is 1. The van der Waals surface area contributed by atoms with E-state index < -0.39 is 5.97 Å². The molecule has 0 saturated heterocycles. The molecule has 6 nitrogen and oxygen atoms in total. The summed E-state index contributed by atoms with van der Waals surface area (Å²) in [5.74, 6) is 4.43. The molecule has 1 aromatic rings. The summed E-state index contributed by atoms with van der Waals surface area (Å²) in [4.78, 5) is 23.4. The molecule has 146 valence electrons. The maximum absolute atomic E-state index is 12.3. The monoisotopic (exact) mass is 371 g/mol. The van der Waals surface area contributed by atoms with Gasteiger partial charge in [-0.15, -0.1) is 0 Å². The van der Waals surface area contributed by atoms with Gasteiger partial charge in [-0.2, -0.15) is 5.10 Å². The van der Waals surface area contributed by atoms with Crippen LogP contribution < -0.4 is 11.2 Å². The molecule has 0 bridgehead atoms. The van der Waals surface area contributed by atoms with Crippen LogP contribution in [0.2, 0.25) is 0 Å². The summed E-state index contributed by atoms with van der Waals surface area (Å²) in [5, 5.41) is 15.6. The minimum atomic E-state index is -0.863. The number of carboxylic acids is 1. The van der Waals surface area contributed by atoms with Gasteiger partial charge >= 0.3 is 5.97 Å². The Labute approximate surface area is 160 Å². The average Bonchev–Trinajstić information content (AvgIpc) is 2.66. The molecule has 0 saturated carbocycles. The third-order valence-corrected chi connectivity index (χ3v) is 4.94. The maximum Gasteiger partial charge on any atom is 0.305 e. The Morgan fingerprint density at radius 3 is 2.67 bits per heavy atom. The number of unbranched alkanes of at least 4 members (excludes halogenated alkanes) is 1. The molecule has 1 amide bonds. The number of nitrogens with two attached hydrogens (primary N) is 1. The number of carbonyl (C=O) groups excluding carboxylic acids is 1. The van der Waals surface area contributed by atoms with Crippen LogP contribution in [-0.4, -0.2) is 29.2 Å². The van der Waals surface area contributed by atoms with Crippen molar-refractivity contribution in [2.24, 2.45) is 16.9 Å². The van der Waals surface area contributed by atoms with E-state index in [0.717, 1.165) is 44.1 Å². The maximum atomic E-state index is 12.3. The predicted molar refractivity (Wildman–Crippen MR) is 106 cm³/mol. The molecule has 0 fully saturated rings. The fourth-order valence-corrected chi connectivity index (χ4v) is 3.46. The van der Waals surface area contributed by atoms with Crippen molar-refractivity contribution in [1.29, 1.82) is 0 Å². The zero-order valence-corrected chi connectivity index (χ0v) is 15.6. The molecule has 1 aromatic carbocycles. The second-order valence-electron chi connectivity index (χ2n) is 7.04. The van der Waals surface area contributed by atoms with E-state index >= 15 is 0 Å². The lowest BCUT2D eigenvalue weighted by molar-refractivity contribution is -0.138. The van der Waals surface area contributed by atoms with Crippen molar-refractivity contribution < 1.29 is 14.7 Å². The Kier molecular flexibility index (Phi) is 8.55. The predicted octanol–water partition coefficient (Wildman–Crippen LogP) is 3.01. The number of carboxylic acid groups (broad SMARTS) is 1. The van der Waals surface area contributed by atoms with E-state index in [1.54, 1.807) is 6.21 Å². The second-order valence-corrected chi connectivity index (χ2v) is 7.04. The van der Waals surface area contributed by atoms with Gasteiger partial charge in [0.15, 0.2) is 0 Å². The molecule has 1 aliphatic rings. The van der Waals surface area contributed by atoms with E-state index in [9.17, 15) is 9.59 Å². The van der Waals surface area contributed by atoms with Gasteiger partial charge in [-0.25, -0.2) is 0 Å². The standard InChI is InChI=1S/C21H29N3O3/c22-23-15-17-12-10-16(11-13-17)6-4-5-9-20(25)24-19(14-21(26)27)18-7-2-1-3-8-18/h1-2,10-13,15,18-19H,3-9,14,22H2,(H,24,25)(H,26,27). The van der Waals surface area contributed by atoms with E-state index in [4.69, 9.17) is 10.9 Å². The Bertz CT molecular complexity index is 668. The Morgan fingerprint density at radius 2 is 2.04 bits per heavy atom. The number of aryl methyl sites for hydroxylation is 1. The molecule has 0 heterocycles. The molecule has 27 heavy (non-hydrogen) atoms. The summed E-state index contributed by atoms with van der Waals surface area (Å²) in [6, 6.07) is 7.73. The molecule has 0 aromatic heterocycles. The normalized spacial score (nSPS) is 17.7. The molecular weight excluding hydrogens is 342 g/mol. The number of nitrogens with zero attached hydrogens (tertiary/aromatic N) is 1. The largest absolute Gasteiger partial charge is 0.481 e. The number of nitrogens with one attached hydrogen (secondary N) is 1. The highest BCUT2D eigenvalue weighted by atomic mass is 16.4. The van der Waals surface area contributed by atoms with Gasteiger partial charge in [-0.1, -0.05) is 36.4 Å². The SMILES string of the molecule is NN=Cc1ccc(CCCCC(=O)NC(CC(=O)O)C2CC=CCC2)cc1. The van der Waals surface area contributed by atoms with Crippen LogP contribution in [0, 0.1) is 5.92 Å². The zero-order chi connectivity index (χ0) is 19.5. The van der Waals surface area contributed by atoms with Gasteiger partial charge in [0.1, 0.15) is 0 Å². The third kappa shape index (κ3) is 7.64. The minimum absolute atomic E-state index is 0.0112. The van der Waals surface area contributed by atoms with Crippen LogP contribution in [-0.2, 0) is 16.0 Å². The summed E-state index contributed by atoms with van der Waals surface area (Å²) >= 11 is 0. The summed E-state index contributed by atoms with van der Waals surface area (Å²) in [6.07, 6.45) is 11.5. The quantitative estimate of drug-likeness (QED) is 0.193. The summed E-state index contributed by atoms with van der Waals surface area (Å²) in [7, 11) is 0. The van der Waals surface area contributed by atoms with Crippen LogP contribution in [0.1, 0.15) is 56.1 Å². The topological polar surface area (TPSA) is 105 Å². The average molecular weight is 371 g/mol. The van der Waals surface area contributed by atoms with Crippen LogP contribution in [0.25, 0.3) is 0 Å². The van der Waals surface area contributed by atoms with E-state index in [0.29, 0.717) is 6.42 Å². The molecule has 2 rings (SSSR count). The van der Waals surface area contributed by atoms with Gasteiger partial charge in [0, 0.05) is 12.5 Å². The van der Waals surface area contributed by atoms with Gasteiger partial charge in [0.25, 0.3) is 0 Å². The van der Waals surface area contributed by atoms with Crippen LogP contribution in [0.5, 0.6) is 0 Å². The number of benzene rings is 1. The van der Waals surface area contributed by atoms with Crippen LogP contribution in [0.4, 0.5) is 0 Å². The molecule has 0 radical (unpaired) electrons. The van der Waals surface area contributed by atoms with Crippen molar-refractivity contribution in [1.82, 2.24) is 5.32 Å². The van der Waals surface area contributed by atoms with Crippen molar-refractivity contribution in [2.75, 3.05) is 0 Å². The van der Waals surface area contributed by atoms with Crippen molar-refractivity contribution in [3.63, 3.8) is 0 Å². The first-order valence-corrected chi connectivity index (χ1v) is 9.57. The number of carbonyl (C=O) groups is 2. The molecular formula is C21H29N3O3. The summed E-state index contributed by atoms with van der Waals surface area (Å²) in [5.41, 5.74) is 2.17. The third-order valence-electron chi connectivity index (χ3n) is 4.94. The van der Waals surface area contributed by atoms with Gasteiger partial charge in [-0.05, 0) is 55.6 Å². The lowest BCUT2D eigenvalue weighted by atomic mass is 9.86. The Morgan fingerprint density at radius 1 is 1.26 bits per heavy atom. The number of amides is 1. The molecule has 1 aliphatic carbocycles. The van der Waals surface area contributed by atoms with Gasteiger partial charge in [0.05, 0.1) is 12.6 Å². The lowest BCUT2D eigenvalue weighted by Gasteiger charge is -2.27. The van der Waals surface area contributed by atoms with E-state index in [2.05, 4.69) is 22.6 Å². The van der Waals surface area contributed by atoms with Crippen molar-refractivity contribution in [3.05, 3.63) is 47.5 Å². The number of rotatable bonds is 10. The first-order chi connectivity index (χ1) is 13.1. The highest BCUT2D eigenvalue weighted by molar-refractivity contribution is 5.79.